The van der Waals surface area contributed by atoms with Gasteiger partial charge in [0.1, 0.15) is 5.84 Å². The Kier molecular flexibility index (Phi) is 2.79. The maximum Gasteiger partial charge on any atom is 0.124 e. The van der Waals surface area contributed by atoms with Crippen molar-refractivity contribution in [1.82, 2.24) is 0 Å². The predicted octanol–water partition coefficient (Wildman–Crippen LogP) is 2.18. The molecule has 1 rings (SSSR count). The van der Waals surface area contributed by atoms with Crippen LogP contribution in [0.1, 0.15) is 26.3 Å². The van der Waals surface area contributed by atoms with Gasteiger partial charge in [-0.3, -0.25) is 5.41 Å². The molecule has 3 heteroatoms. The molecule has 0 atom stereocenters. The molecular weight excluding hydrogens is 174 g/mol. The van der Waals surface area contributed by atoms with Gasteiger partial charge in [-0.2, -0.15) is 0 Å². The fourth-order valence-electron chi connectivity index (χ4n) is 1.23. The Balaban J connectivity index is 3.02. The maximum atomic E-state index is 7.42. The molecule has 3 nitrogen and oxygen atoms in total. The van der Waals surface area contributed by atoms with E-state index in [9.17, 15) is 0 Å². The first-order valence-electron chi connectivity index (χ1n) is 4.62. The van der Waals surface area contributed by atoms with Crippen LogP contribution in [-0.4, -0.2) is 11.4 Å². The molecule has 4 N–H and O–H groups in total. The van der Waals surface area contributed by atoms with E-state index in [1.54, 1.807) is 0 Å². The van der Waals surface area contributed by atoms with Crippen molar-refractivity contribution >= 4 is 11.5 Å². The topological polar surface area (TPSA) is 61.9 Å². The lowest BCUT2D eigenvalue weighted by atomic mass is 10.1. The number of para-hydroxylation sites is 1. The highest BCUT2D eigenvalue weighted by molar-refractivity contribution is 6.00. The van der Waals surface area contributed by atoms with Gasteiger partial charge in [0, 0.05) is 16.8 Å². The number of rotatable bonds is 2. The van der Waals surface area contributed by atoms with Crippen LogP contribution in [0.25, 0.3) is 0 Å². The third-order valence-electron chi connectivity index (χ3n) is 1.73. The summed E-state index contributed by atoms with van der Waals surface area (Å²) in [6.07, 6.45) is 0. The smallest absolute Gasteiger partial charge is 0.124 e. The minimum atomic E-state index is -0.0223. The zero-order valence-electron chi connectivity index (χ0n) is 8.89. The molecule has 0 unspecified atom stereocenters. The first-order valence-corrected chi connectivity index (χ1v) is 4.62. The molecule has 0 bridgehead atoms. The second-order valence-corrected chi connectivity index (χ2v) is 4.33. The van der Waals surface area contributed by atoms with Gasteiger partial charge in [-0.15, -0.1) is 0 Å². The fourth-order valence-corrected chi connectivity index (χ4v) is 1.23. The second-order valence-electron chi connectivity index (χ2n) is 4.33. The number of nitrogens with one attached hydrogen (secondary N) is 2. The van der Waals surface area contributed by atoms with Crippen LogP contribution >= 0.6 is 0 Å². The number of nitrogens with two attached hydrogens (primary N) is 1. The molecule has 0 aliphatic heterocycles. The average molecular weight is 191 g/mol. The van der Waals surface area contributed by atoms with E-state index < -0.39 is 0 Å². The molecule has 0 amide bonds. The Morgan fingerprint density at radius 2 is 1.86 bits per heavy atom. The standard InChI is InChI=1S/C11H17N3/c1-11(2,3)14-9-7-5-4-6-8(9)10(12)13/h4-7,14H,1-3H3,(H3,12,13). The van der Waals surface area contributed by atoms with Gasteiger partial charge in [0.15, 0.2) is 0 Å². The SMILES string of the molecule is CC(C)(C)Nc1ccccc1C(=N)N. The number of amidine groups is 1. The molecule has 1 aromatic rings. The van der Waals surface area contributed by atoms with Gasteiger partial charge in [-0.25, -0.2) is 0 Å². The van der Waals surface area contributed by atoms with Crippen molar-refractivity contribution < 1.29 is 0 Å². The van der Waals surface area contributed by atoms with Crippen molar-refractivity contribution in [1.29, 1.82) is 5.41 Å². The molecule has 0 saturated heterocycles. The number of benzene rings is 1. The Labute approximate surface area is 84.8 Å². The summed E-state index contributed by atoms with van der Waals surface area (Å²) in [5, 5.41) is 10.7. The van der Waals surface area contributed by atoms with E-state index in [-0.39, 0.29) is 11.4 Å². The first kappa shape index (κ1) is 10.6. The number of hydrogen-bond donors (Lipinski definition) is 3. The van der Waals surface area contributed by atoms with Gasteiger partial charge in [-0.1, -0.05) is 12.1 Å². The van der Waals surface area contributed by atoms with Crippen LogP contribution in [0.5, 0.6) is 0 Å². The molecule has 0 aliphatic rings. The summed E-state index contributed by atoms with van der Waals surface area (Å²) in [4.78, 5) is 0. The zero-order chi connectivity index (χ0) is 10.8. The van der Waals surface area contributed by atoms with Crippen molar-refractivity contribution in [2.75, 3.05) is 5.32 Å². The lowest BCUT2D eigenvalue weighted by Crippen LogP contribution is -2.28. The van der Waals surface area contributed by atoms with E-state index in [0.717, 1.165) is 11.3 Å². The van der Waals surface area contributed by atoms with Crippen LogP contribution in [0.3, 0.4) is 0 Å². The van der Waals surface area contributed by atoms with Crippen LogP contribution in [-0.2, 0) is 0 Å². The third-order valence-corrected chi connectivity index (χ3v) is 1.73. The Morgan fingerprint density at radius 3 is 2.36 bits per heavy atom. The third kappa shape index (κ3) is 2.76. The van der Waals surface area contributed by atoms with Gasteiger partial charge >= 0.3 is 0 Å². The van der Waals surface area contributed by atoms with E-state index in [1.807, 2.05) is 24.3 Å². The van der Waals surface area contributed by atoms with Crippen LogP contribution in [0.2, 0.25) is 0 Å². The molecule has 0 aromatic heterocycles. The molecule has 0 radical (unpaired) electrons. The maximum absolute atomic E-state index is 7.42. The van der Waals surface area contributed by atoms with E-state index in [1.165, 1.54) is 0 Å². The molecule has 0 saturated carbocycles. The van der Waals surface area contributed by atoms with Crippen LogP contribution in [0.15, 0.2) is 24.3 Å². The minimum absolute atomic E-state index is 0.0223. The van der Waals surface area contributed by atoms with Crippen LogP contribution < -0.4 is 11.1 Å². The minimum Gasteiger partial charge on any atom is -0.384 e. The highest BCUT2D eigenvalue weighted by atomic mass is 15.0. The molecule has 0 spiro atoms. The summed E-state index contributed by atoms with van der Waals surface area (Å²) in [6, 6.07) is 7.59. The average Bonchev–Trinajstić information content (AvgIpc) is 2.01. The van der Waals surface area contributed by atoms with Crippen molar-refractivity contribution in [2.24, 2.45) is 5.73 Å². The quantitative estimate of drug-likeness (QED) is 0.495. The highest BCUT2D eigenvalue weighted by Crippen LogP contribution is 2.18. The molecule has 0 aliphatic carbocycles. The largest absolute Gasteiger partial charge is 0.384 e. The first-order chi connectivity index (χ1) is 6.40. The van der Waals surface area contributed by atoms with Crippen LogP contribution in [0, 0.1) is 5.41 Å². The predicted molar refractivity (Wildman–Crippen MR) is 60.8 cm³/mol. The normalized spacial score (nSPS) is 11.1. The second kappa shape index (κ2) is 3.70. The van der Waals surface area contributed by atoms with Crippen molar-refractivity contribution in [3.8, 4) is 0 Å². The van der Waals surface area contributed by atoms with Crippen molar-refractivity contribution in [2.45, 2.75) is 26.3 Å². The summed E-state index contributed by atoms with van der Waals surface area (Å²) in [7, 11) is 0. The number of nitrogen functional groups attached to an aromatic ring is 1. The van der Waals surface area contributed by atoms with E-state index >= 15 is 0 Å². The lowest BCUT2D eigenvalue weighted by Gasteiger charge is -2.23. The Morgan fingerprint density at radius 1 is 1.29 bits per heavy atom. The Hall–Kier alpha value is -1.51. The summed E-state index contributed by atoms with van der Waals surface area (Å²) in [5.74, 6) is 0.0948. The monoisotopic (exact) mass is 191 g/mol. The van der Waals surface area contributed by atoms with Gasteiger partial charge in [0.2, 0.25) is 0 Å². The Bertz CT molecular complexity index is 337. The fraction of sp³-hybridized carbons (Fsp3) is 0.364. The lowest BCUT2D eigenvalue weighted by molar-refractivity contribution is 0.634. The summed E-state index contributed by atoms with van der Waals surface area (Å²) in [6.45, 7) is 6.22. The van der Waals surface area contributed by atoms with Gasteiger partial charge < -0.3 is 11.1 Å². The highest BCUT2D eigenvalue weighted by Gasteiger charge is 2.12. The van der Waals surface area contributed by atoms with Gasteiger partial charge in [0.25, 0.3) is 0 Å². The molecule has 1 aromatic carbocycles. The van der Waals surface area contributed by atoms with Crippen molar-refractivity contribution in [3.63, 3.8) is 0 Å². The summed E-state index contributed by atoms with van der Waals surface area (Å²) in [5.41, 5.74) is 7.12. The summed E-state index contributed by atoms with van der Waals surface area (Å²) >= 11 is 0. The summed E-state index contributed by atoms with van der Waals surface area (Å²) < 4.78 is 0. The van der Waals surface area contributed by atoms with E-state index in [4.69, 9.17) is 11.1 Å². The van der Waals surface area contributed by atoms with E-state index in [0.29, 0.717) is 0 Å². The van der Waals surface area contributed by atoms with Gasteiger partial charge in [-0.05, 0) is 32.9 Å². The van der Waals surface area contributed by atoms with Crippen LogP contribution in [0.4, 0.5) is 5.69 Å². The molecule has 0 heterocycles. The molecule has 14 heavy (non-hydrogen) atoms. The number of anilines is 1. The zero-order valence-corrected chi connectivity index (χ0v) is 8.89. The molecule has 0 fully saturated rings. The van der Waals surface area contributed by atoms with Crippen molar-refractivity contribution in [3.05, 3.63) is 29.8 Å². The number of hydrogen-bond acceptors (Lipinski definition) is 2. The van der Waals surface area contributed by atoms with Gasteiger partial charge in [0.05, 0.1) is 0 Å². The molecular formula is C11H17N3. The van der Waals surface area contributed by atoms with E-state index in [2.05, 4.69) is 26.1 Å². The molecule has 76 valence electrons.